The van der Waals surface area contributed by atoms with E-state index < -0.39 is 0 Å². The largest absolute Gasteiger partial charge is 0.311 e. The van der Waals surface area contributed by atoms with Crippen LogP contribution in [0.3, 0.4) is 0 Å². The second-order valence-corrected chi connectivity index (χ2v) is 26.6. The Kier molecular flexibility index (Phi) is 11.8. The summed E-state index contributed by atoms with van der Waals surface area (Å²) in [6, 6.07) is 57.0. The van der Waals surface area contributed by atoms with Gasteiger partial charge in [-0.3, -0.25) is 0 Å². The lowest BCUT2D eigenvalue weighted by molar-refractivity contribution is 0.589. The van der Waals surface area contributed by atoms with Gasteiger partial charge in [0.2, 0.25) is 0 Å². The number of rotatable bonds is 5. The second-order valence-electron chi connectivity index (χ2n) is 26.6. The molecular formula is C66H78BN3. The van der Waals surface area contributed by atoms with Crippen LogP contribution in [0.15, 0.2) is 146 Å². The Morgan fingerprint density at radius 1 is 0.300 bits per heavy atom. The fourth-order valence-corrected chi connectivity index (χ4v) is 10.5. The highest BCUT2D eigenvalue weighted by Gasteiger charge is 2.45. The van der Waals surface area contributed by atoms with E-state index in [0.717, 1.165) is 17.1 Å². The molecular weight excluding hydrogens is 846 g/mol. The molecule has 2 heterocycles. The minimum Gasteiger partial charge on any atom is -0.311 e. The lowest BCUT2D eigenvalue weighted by Crippen LogP contribution is -2.61. The molecule has 0 atom stereocenters. The van der Waals surface area contributed by atoms with Crippen LogP contribution >= 0.6 is 0 Å². The maximum Gasteiger partial charge on any atom is 0.252 e. The average Bonchev–Trinajstić information content (AvgIpc) is 3.27. The third kappa shape index (κ3) is 9.01. The molecule has 360 valence electrons. The molecule has 3 nitrogen and oxygen atoms in total. The Morgan fingerprint density at radius 2 is 0.614 bits per heavy atom. The molecule has 0 unspecified atom stereocenters. The molecule has 2 aliphatic rings. The molecule has 0 radical (unpaired) electrons. The fourth-order valence-electron chi connectivity index (χ4n) is 10.5. The molecule has 0 amide bonds. The molecule has 0 spiro atoms. The zero-order chi connectivity index (χ0) is 50.7. The van der Waals surface area contributed by atoms with Crippen molar-refractivity contribution in [1.29, 1.82) is 0 Å². The molecule has 0 saturated heterocycles. The second kappa shape index (κ2) is 16.8. The predicted octanol–water partition coefficient (Wildman–Crippen LogP) is 17.0. The van der Waals surface area contributed by atoms with E-state index in [-0.39, 0.29) is 39.2 Å². The predicted molar refractivity (Wildman–Crippen MR) is 307 cm³/mol. The lowest BCUT2D eigenvalue weighted by Gasteiger charge is -2.46. The van der Waals surface area contributed by atoms with Crippen LogP contribution in [0, 0.1) is 0 Å². The summed E-state index contributed by atoms with van der Waals surface area (Å²) in [7, 11) is 0. The molecule has 0 N–H and O–H groups in total. The standard InChI is InChI=1S/C66H78BN3/c1-61(2,3)43-23-19-27-49(35-43)68(50-28-20-24-44(36-50)62(4,5)6)53-41-58-60-59(42-53)70(52-30-22-26-46(38-52)64(10,11)12)57-40-48(66(16,17)18)32-34-55(57)67(60)54-33-31-47(65(13,14)15)39-56(54)69(58)51-29-21-25-45(37-51)63(7,8)9/h19-42H,1-18H3. The first-order chi connectivity index (χ1) is 32.5. The molecule has 0 fully saturated rings. The molecule has 0 saturated carbocycles. The quantitative estimate of drug-likeness (QED) is 0.159. The van der Waals surface area contributed by atoms with Crippen molar-refractivity contribution in [2.75, 3.05) is 14.7 Å². The van der Waals surface area contributed by atoms with Gasteiger partial charge in [0, 0.05) is 45.5 Å². The highest BCUT2D eigenvalue weighted by Crippen LogP contribution is 2.50. The summed E-state index contributed by atoms with van der Waals surface area (Å²) in [5.41, 5.74) is 22.2. The van der Waals surface area contributed by atoms with E-state index in [1.54, 1.807) is 0 Å². The van der Waals surface area contributed by atoms with E-state index in [1.165, 1.54) is 83.9 Å². The van der Waals surface area contributed by atoms with Gasteiger partial charge < -0.3 is 14.7 Å². The van der Waals surface area contributed by atoms with Crippen molar-refractivity contribution in [3.63, 3.8) is 0 Å². The Balaban J connectivity index is 1.48. The zero-order valence-electron chi connectivity index (χ0n) is 45.8. The smallest absolute Gasteiger partial charge is 0.252 e. The van der Waals surface area contributed by atoms with E-state index in [0.29, 0.717) is 0 Å². The molecule has 7 aromatic rings. The SMILES string of the molecule is CC(C)(C)c1cccc(N(c2cccc(C(C)(C)C)c2)c2cc3c4c(c2)N(c2cccc(C(C)(C)C)c2)c2cc(C(C)(C)C)ccc2B4c2ccc(C(C)(C)C)cc2N3c2cccc(C(C)(C)C)c2)c1. The highest BCUT2D eigenvalue weighted by atomic mass is 15.2. The minimum absolute atomic E-state index is 0.0157. The summed E-state index contributed by atoms with van der Waals surface area (Å²) in [6.07, 6.45) is 0. The summed E-state index contributed by atoms with van der Waals surface area (Å²) >= 11 is 0. The summed E-state index contributed by atoms with van der Waals surface area (Å²) in [6.45, 7) is 41.9. The van der Waals surface area contributed by atoms with Crippen LogP contribution in [0.5, 0.6) is 0 Å². The molecule has 4 heteroatoms. The summed E-state index contributed by atoms with van der Waals surface area (Å²) in [5, 5.41) is 0. The van der Waals surface area contributed by atoms with E-state index in [2.05, 4.69) is 285 Å². The van der Waals surface area contributed by atoms with Gasteiger partial charge in [0.15, 0.2) is 0 Å². The van der Waals surface area contributed by atoms with Gasteiger partial charge in [0.05, 0.1) is 5.69 Å². The third-order valence-corrected chi connectivity index (χ3v) is 14.9. The minimum atomic E-state index is -0.0604. The number of hydrogen-bond acceptors (Lipinski definition) is 3. The molecule has 70 heavy (non-hydrogen) atoms. The normalized spacial score (nSPS) is 14.1. The Labute approximate surface area is 423 Å². The van der Waals surface area contributed by atoms with E-state index in [4.69, 9.17) is 0 Å². The van der Waals surface area contributed by atoms with Crippen LogP contribution in [0.4, 0.5) is 51.2 Å². The summed E-state index contributed by atoms with van der Waals surface area (Å²) < 4.78 is 0. The van der Waals surface area contributed by atoms with Crippen molar-refractivity contribution in [3.8, 4) is 0 Å². The zero-order valence-corrected chi connectivity index (χ0v) is 45.8. The molecule has 7 aromatic carbocycles. The third-order valence-electron chi connectivity index (χ3n) is 14.9. The van der Waals surface area contributed by atoms with Crippen LogP contribution < -0.4 is 31.1 Å². The highest BCUT2D eigenvalue weighted by molar-refractivity contribution is 7.00. The molecule has 0 bridgehead atoms. The summed E-state index contributed by atoms with van der Waals surface area (Å²) in [5.74, 6) is 0. The van der Waals surface area contributed by atoms with Gasteiger partial charge in [0.25, 0.3) is 6.71 Å². The molecule has 0 aliphatic carbocycles. The van der Waals surface area contributed by atoms with Crippen LogP contribution in [0.25, 0.3) is 0 Å². The number of benzene rings is 7. The number of hydrogen-bond donors (Lipinski definition) is 0. The topological polar surface area (TPSA) is 9.72 Å². The maximum atomic E-state index is 2.62. The number of fused-ring (bicyclic) bond motifs is 4. The summed E-state index contributed by atoms with van der Waals surface area (Å²) in [4.78, 5) is 7.77. The number of nitrogens with zero attached hydrogens (tertiary/aromatic N) is 3. The van der Waals surface area contributed by atoms with E-state index in [1.807, 2.05) is 0 Å². The van der Waals surface area contributed by atoms with Gasteiger partial charge in [-0.05, 0) is 155 Å². The fraction of sp³-hybridized carbons (Fsp3) is 0.364. The van der Waals surface area contributed by atoms with Crippen LogP contribution in [0.1, 0.15) is 158 Å². The molecule has 0 aromatic heterocycles. The van der Waals surface area contributed by atoms with Crippen LogP contribution in [-0.4, -0.2) is 6.71 Å². The number of anilines is 9. The van der Waals surface area contributed by atoms with Crippen molar-refractivity contribution >= 4 is 74.3 Å². The van der Waals surface area contributed by atoms with Gasteiger partial charge in [-0.15, -0.1) is 0 Å². The Bertz CT molecular complexity index is 2920. The van der Waals surface area contributed by atoms with Crippen molar-refractivity contribution in [3.05, 3.63) is 179 Å². The van der Waals surface area contributed by atoms with Crippen molar-refractivity contribution in [1.82, 2.24) is 0 Å². The first-order valence-electron chi connectivity index (χ1n) is 25.8. The first-order valence-corrected chi connectivity index (χ1v) is 25.8. The Hall–Kier alpha value is -6.00. The van der Waals surface area contributed by atoms with Crippen LogP contribution in [0.2, 0.25) is 0 Å². The van der Waals surface area contributed by atoms with Crippen molar-refractivity contribution in [2.24, 2.45) is 0 Å². The van der Waals surface area contributed by atoms with E-state index >= 15 is 0 Å². The van der Waals surface area contributed by atoms with Gasteiger partial charge in [0.1, 0.15) is 0 Å². The van der Waals surface area contributed by atoms with Gasteiger partial charge in [-0.25, -0.2) is 0 Å². The molecule has 9 rings (SSSR count). The van der Waals surface area contributed by atoms with E-state index in [9.17, 15) is 0 Å². The maximum absolute atomic E-state index is 2.62. The van der Waals surface area contributed by atoms with Crippen molar-refractivity contribution < 1.29 is 0 Å². The van der Waals surface area contributed by atoms with Crippen LogP contribution in [-0.2, 0) is 32.5 Å². The van der Waals surface area contributed by atoms with Gasteiger partial charge >= 0.3 is 0 Å². The lowest BCUT2D eigenvalue weighted by atomic mass is 9.33. The van der Waals surface area contributed by atoms with Gasteiger partial charge in [-0.1, -0.05) is 197 Å². The molecule has 2 aliphatic heterocycles. The monoisotopic (exact) mass is 924 g/mol. The van der Waals surface area contributed by atoms with Crippen molar-refractivity contribution in [2.45, 2.75) is 157 Å². The average molecular weight is 924 g/mol. The first kappa shape index (κ1) is 49.0. The van der Waals surface area contributed by atoms with Gasteiger partial charge in [-0.2, -0.15) is 0 Å². The Morgan fingerprint density at radius 3 is 0.957 bits per heavy atom.